The van der Waals surface area contributed by atoms with Gasteiger partial charge in [-0.2, -0.15) is 18.3 Å². The highest BCUT2D eigenvalue weighted by Crippen LogP contribution is 2.44. The number of hydrogen-bond donors (Lipinski definition) is 2. The number of anilines is 1. The number of piperidine rings is 1. The van der Waals surface area contributed by atoms with Crippen LogP contribution in [0.15, 0.2) is 18.5 Å². The molecule has 1 aliphatic carbocycles. The Morgan fingerprint density at radius 3 is 2.73 bits per heavy atom. The minimum atomic E-state index is -4.84. The zero-order valence-electron chi connectivity index (χ0n) is 20.0. The SMILES string of the molecule is Cc1cn(-c2nc(C)c(NC(=O)c3cnn(C4CCCC5C(=O)NCCC54)c3C(F)(F)F)cc2Cl)nn1. The van der Waals surface area contributed by atoms with E-state index in [0.29, 0.717) is 43.6 Å². The molecule has 37 heavy (non-hydrogen) atoms. The fraction of sp³-hybridized carbons (Fsp3) is 0.478. The number of rotatable bonds is 4. The predicted molar refractivity (Wildman–Crippen MR) is 126 cm³/mol. The molecule has 0 spiro atoms. The van der Waals surface area contributed by atoms with Gasteiger partial charge in [-0.3, -0.25) is 14.3 Å². The second kappa shape index (κ2) is 9.43. The Bertz CT molecular complexity index is 1370. The zero-order chi connectivity index (χ0) is 26.5. The van der Waals surface area contributed by atoms with E-state index < -0.39 is 29.4 Å². The van der Waals surface area contributed by atoms with Crippen LogP contribution in [-0.4, -0.2) is 48.1 Å². The maximum Gasteiger partial charge on any atom is 0.433 e. The molecular weight excluding hydrogens is 513 g/mol. The van der Waals surface area contributed by atoms with Gasteiger partial charge in [0.1, 0.15) is 0 Å². The van der Waals surface area contributed by atoms with E-state index in [2.05, 4.69) is 31.0 Å². The van der Waals surface area contributed by atoms with Gasteiger partial charge in [0.05, 0.1) is 46.1 Å². The summed E-state index contributed by atoms with van der Waals surface area (Å²) < 4.78 is 45.2. The number of halogens is 4. The van der Waals surface area contributed by atoms with Gasteiger partial charge in [-0.1, -0.05) is 23.2 Å². The molecular formula is C23H24ClF3N8O2. The molecule has 4 heterocycles. The number of nitrogens with one attached hydrogen (secondary N) is 2. The number of carbonyl (C=O) groups is 2. The summed E-state index contributed by atoms with van der Waals surface area (Å²) >= 11 is 6.33. The van der Waals surface area contributed by atoms with Crippen molar-refractivity contribution < 1.29 is 22.8 Å². The highest BCUT2D eigenvalue weighted by Gasteiger charge is 2.46. The first-order valence-electron chi connectivity index (χ1n) is 11.8. The molecule has 10 nitrogen and oxygen atoms in total. The molecule has 3 unspecified atom stereocenters. The molecule has 0 bridgehead atoms. The molecule has 1 aliphatic heterocycles. The lowest BCUT2D eigenvalue weighted by atomic mass is 9.72. The van der Waals surface area contributed by atoms with Crippen molar-refractivity contribution in [3.63, 3.8) is 0 Å². The molecule has 3 atom stereocenters. The monoisotopic (exact) mass is 536 g/mol. The largest absolute Gasteiger partial charge is 0.433 e. The average Bonchev–Trinajstić information content (AvgIpc) is 3.48. The number of nitrogens with zero attached hydrogens (tertiary/aromatic N) is 6. The maximum atomic E-state index is 14.3. The lowest BCUT2D eigenvalue weighted by molar-refractivity contribution is -0.147. The third-order valence-corrected chi connectivity index (χ3v) is 7.26. The molecule has 2 N–H and O–H groups in total. The normalized spacial score (nSPS) is 21.9. The van der Waals surface area contributed by atoms with E-state index in [1.807, 2.05) is 0 Å². The Kier molecular flexibility index (Phi) is 6.42. The Balaban J connectivity index is 1.46. The first-order valence-corrected chi connectivity index (χ1v) is 12.2. The number of amides is 2. The van der Waals surface area contributed by atoms with Gasteiger partial charge >= 0.3 is 6.18 Å². The molecule has 2 fully saturated rings. The minimum absolute atomic E-state index is 0.126. The first kappa shape index (κ1) is 25.2. The summed E-state index contributed by atoms with van der Waals surface area (Å²) in [4.78, 5) is 29.8. The van der Waals surface area contributed by atoms with E-state index in [9.17, 15) is 22.8 Å². The van der Waals surface area contributed by atoms with Crippen molar-refractivity contribution in [2.45, 2.75) is 51.7 Å². The van der Waals surface area contributed by atoms with Crippen molar-refractivity contribution in [2.24, 2.45) is 11.8 Å². The minimum Gasteiger partial charge on any atom is -0.356 e. The highest BCUT2D eigenvalue weighted by atomic mass is 35.5. The van der Waals surface area contributed by atoms with Crippen LogP contribution in [0.4, 0.5) is 18.9 Å². The van der Waals surface area contributed by atoms with Crippen LogP contribution < -0.4 is 10.6 Å². The molecule has 2 amide bonds. The van der Waals surface area contributed by atoms with Crippen molar-refractivity contribution in [3.05, 3.63) is 46.1 Å². The summed E-state index contributed by atoms with van der Waals surface area (Å²) in [5.74, 6) is -1.50. The van der Waals surface area contributed by atoms with E-state index >= 15 is 0 Å². The van der Waals surface area contributed by atoms with Crippen LogP contribution in [0, 0.1) is 25.7 Å². The van der Waals surface area contributed by atoms with E-state index in [-0.39, 0.29) is 34.3 Å². The molecule has 14 heteroatoms. The molecule has 2 aliphatic rings. The maximum absolute atomic E-state index is 14.3. The van der Waals surface area contributed by atoms with Gasteiger partial charge in [0.25, 0.3) is 5.91 Å². The number of pyridine rings is 1. The summed E-state index contributed by atoms with van der Waals surface area (Å²) in [6.07, 6.45) is -0.0714. The summed E-state index contributed by atoms with van der Waals surface area (Å²) in [5, 5.41) is 17.2. The van der Waals surface area contributed by atoms with E-state index in [1.54, 1.807) is 20.0 Å². The second-order valence-electron chi connectivity index (χ2n) is 9.38. The van der Waals surface area contributed by atoms with Gasteiger partial charge in [0, 0.05) is 12.5 Å². The molecule has 1 saturated heterocycles. The zero-order valence-corrected chi connectivity index (χ0v) is 20.8. The van der Waals surface area contributed by atoms with Crippen molar-refractivity contribution in [1.82, 2.24) is 35.1 Å². The fourth-order valence-electron chi connectivity index (χ4n) is 5.32. The Labute approximate surface area is 214 Å². The van der Waals surface area contributed by atoms with Crippen LogP contribution in [-0.2, 0) is 11.0 Å². The average molecular weight is 537 g/mol. The molecule has 5 rings (SSSR count). The Morgan fingerprint density at radius 2 is 2.03 bits per heavy atom. The molecule has 1 saturated carbocycles. The van der Waals surface area contributed by atoms with Crippen LogP contribution in [0.3, 0.4) is 0 Å². The number of alkyl halides is 3. The Hall–Kier alpha value is -3.48. The topological polar surface area (TPSA) is 120 Å². The van der Waals surface area contributed by atoms with Crippen LogP contribution >= 0.6 is 11.6 Å². The molecule has 196 valence electrons. The summed E-state index contributed by atoms with van der Waals surface area (Å²) in [6.45, 7) is 3.74. The van der Waals surface area contributed by atoms with Gasteiger partial charge in [-0.05, 0) is 45.1 Å². The lowest BCUT2D eigenvalue weighted by Crippen LogP contribution is -2.47. The number of carbonyl (C=O) groups excluding carboxylic acids is 2. The van der Waals surface area contributed by atoms with Gasteiger partial charge in [0.15, 0.2) is 11.5 Å². The highest BCUT2D eigenvalue weighted by molar-refractivity contribution is 6.32. The number of hydrogen-bond acceptors (Lipinski definition) is 6. The van der Waals surface area contributed by atoms with Crippen molar-refractivity contribution in [2.75, 3.05) is 11.9 Å². The first-order chi connectivity index (χ1) is 17.5. The summed E-state index contributed by atoms with van der Waals surface area (Å²) in [7, 11) is 0. The summed E-state index contributed by atoms with van der Waals surface area (Å²) in [5.41, 5.74) is -0.625. The number of aryl methyl sites for hydroxylation is 2. The van der Waals surface area contributed by atoms with E-state index in [0.717, 1.165) is 10.9 Å². The fourth-order valence-corrected chi connectivity index (χ4v) is 5.56. The van der Waals surface area contributed by atoms with Crippen LogP contribution in [0.2, 0.25) is 5.02 Å². The molecule has 3 aromatic rings. The molecule has 0 radical (unpaired) electrons. The van der Waals surface area contributed by atoms with Gasteiger partial charge in [-0.15, -0.1) is 5.10 Å². The number of aromatic nitrogens is 6. The standard InChI is InChI=1S/C23H24ClF3N8O2/c1-11-10-34(33-32-11)20-16(24)8-17(12(2)30-20)31-22(37)15-9-29-35(19(15)23(25,26)27)18-5-3-4-14-13(18)6-7-28-21(14)36/h8-10,13-14,18H,3-7H2,1-2H3,(H,28,36)(H,31,37). The van der Waals surface area contributed by atoms with Crippen molar-refractivity contribution in [1.29, 1.82) is 0 Å². The van der Waals surface area contributed by atoms with Gasteiger partial charge < -0.3 is 10.6 Å². The third kappa shape index (κ3) is 4.67. The molecule has 0 aromatic carbocycles. The van der Waals surface area contributed by atoms with E-state index in [1.165, 1.54) is 10.7 Å². The van der Waals surface area contributed by atoms with Gasteiger partial charge in [-0.25, -0.2) is 9.67 Å². The second-order valence-corrected chi connectivity index (χ2v) is 9.79. The number of fused-ring (bicyclic) bond motifs is 1. The van der Waals surface area contributed by atoms with Gasteiger partial charge in [0.2, 0.25) is 5.91 Å². The quantitative estimate of drug-likeness (QED) is 0.522. The lowest BCUT2D eigenvalue weighted by Gasteiger charge is -2.41. The smallest absolute Gasteiger partial charge is 0.356 e. The molecule has 3 aromatic heterocycles. The summed E-state index contributed by atoms with van der Waals surface area (Å²) in [6, 6.07) is 0.768. The third-order valence-electron chi connectivity index (χ3n) is 6.98. The van der Waals surface area contributed by atoms with E-state index in [4.69, 9.17) is 11.6 Å². The van der Waals surface area contributed by atoms with Crippen LogP contribution in [0.1, 0.15) is 59.2 Å². The Morgan fingerprint density at radius 1 is 1.24 bits per heavy atom. The van der Waals surface area contributed by atoms with Crippen molar-refractivity contribution in [3.8, 4) is 5.82 Å². The van der Waals surface area contributed by atoms with Crippen LogP contribution in [0.25, 0.3) is 5.82 Å². The van der Waals surface area contributed by atoms with Crippen LogP contribution in [0.5, 0.6) is 0 Å². The predicted octanol–water partition coefficient (Wildman–Crippen LogP) is 3.88. The van der Waals surface area contributed by atoms with Crippen molar-refractivity contribution >= 4 is 29.1 Å².